The van der Waals surface area contributed by atoms with Gasteiger partial charge in [-0.25, -0.2) is 0 Å². The number of ether oxygens (including phenoxy) is 1. The van der Waals surface area contributed by atoms with E-state index < -0.39 is 4.92 Å². The zero-order chi connectivity index (χ0) is 15.2. The highest BCUT2D eigenvalue weighted by Crippen LogP contribution is 2.15. The molecule has 2 heterocycles. The molecule has 1 unspecified atom stereocenters. The molecule has 116 valence electrons. The van der Waals surface area contributed by atoms with Crippen LogP contribution in [0.15, 0.2) is 12.3 Å². The Morgan fingerprint density at radius 3 is 3.00 bits per heavy atom. The summed E-state index contributed by atoms with van der Waals surface area (Å²) in [6.45, 7) is 2.43. The largest absolute Gasteiger partial charge is 0.383 e. The molecule has 8 heteroatoms. The van der Waals surface area contributed by atoms with E-state index in [0.29, 0.717) is 19.7 Å². The Labute approximate surface area is 122 Å². The van der Waals surface area contributed by atoms with Crippen molar-refractivity contribution in [3.63, 3.8) is 0 Å². The number of carbonyl (C=O) groups excluding carboxylic acids is 1. The molecule has 1 atom stereocenters. The number of hydrogen-bond acceptors (Lipinski definition) is 5. The zero-order valence-electron chi connectivity index (χ0n) is 12.0. The molecule has 2 N–H and O–H groups in total. The first kappa shape index (κ1) is 15.5. The van der Waals surface area contributed by atoms with Crippen LogP contribution in [0.4, 0.5) is 5.69 Å². The first-order valence-corrected chi connectivity index (χ1v) is 6.96. The SMILES string of the molecule is COCCN(CC1CCCN1)C(=O)c1cc([N+](=O)[O-])c[nH]1. The second-order valence-electron chi connectivity index (χ2n) is 5.07. The van der Waals surface area contributed by atoms with Gasteiger partial charge in [-0.3, -0.25) is 14.9 Å². The lowest BCUT2D eigenvalue weighted by Gasteiger charge is -2.25. The van der Waals surface area contributed by atoms with Crippen molar-refractivity contribution in [3.05, 3.63) is 28.1 Å². The van der Waals surface area contributed by atoms with Gasteiger partial charge in [0.05, 0.1) is 17.7 Å². The number of aromatic amines is 1. The molecule has 2 rings (SSSR count). The third-order valence-electron chi connectivity index (χ3n) is 3.56. The third kappa shape index (κ3) is 4.02. The highest BCUT2D eigenvalue weighted by atomic mass is 16.6. The van der Waals surface area contributed by atoms with Gasteiger partial charge in [0, 0.05) is 32.3 Å². The van der Waals surface area contributed by atoms with Crippen molar-refractivity contribution in [2.75, 3.05) is 33.4 Å². The molecule has 8 nitrogen and oxygen atoms in total. The monoisotopic (exact) mass is 296 g/mol. The van der Waals surface area contributed by atoms with E-state index in [9.17, 15) is 14.9 Å². The Morgan fingerprint density at radius 2 is 2.43 bits per heavy atom. The minimum absolute atomic E-state index is 0.107. The topological polar surface area (TPSA) is 100 Å². The molecule has 0 aliphatic carbocycles. The minimum Gasteiger partial charge on any atom is -0.383 e. The average Bonchev–Trinajstić information content (AvgIpc) is 3.13. The molecule has 0 radical (unpaired) electrons. The second-order valence-corrected chi connectivity index (χ2v) is 5.07. The lowest BCUT2D eigenvalue weighted by molar-refractivity contribution is -0.384. The van der Waals surface area contributed by atoms with Crippen LogP contribution < -0.4 is 5.32 Å². The van der Waals surface area contributed by atoms with Crippen LogP contribution in [0.3, 0.4) is 0 Å². The minimum atomic E-state index is -0.523. The molecule has 1 aliphatic heterocycles. The highest BCUT2D eigenvalue weighted by molar-refractivity contribution is 5.93. The Kier molecular flexibility index (Phi) is 5.29. The number of nitro groups is 1. The van der Waals surface area contributed by atoms with Crippen LogP contribution in [0.1, 0.15) is 23.3 Å². The van der Waals surface area contributed by atoms with Gasteiger partial charge in [0.2, 0.25) is 0 Å². The molecular weight excluding hydrogens is 276 g/mol. The summed E-state index contributed by atoms with van der Waals surface area (Å²) in [7, 11) is 1.58. The average molecular weight is 296 g/mol. The fourth-order valence-corrected chi connectivity index (χ4v) is 2.44. The third-order valence-corrected chi connectivity index (χ3v) is 3.56. The maximum Gasteiger partial charge on any atom is 0.287 e. The molecular formula is C13H20N4O4. The molecule has 1 aliphatic rings. The van der Waals surface area contributed by atoms with Crippen LogP contribution >= 0.6 is 0 Å². The number of hydrogen-bond donors (Lipinski definition) is 2. The van der Waals surface area contributed by atoms with Crippen LogP contribution in [0, 0.1) is 10.1 Å². The lowest BCUT2D eigenvalue weighted by atomic mass is 10.2. The Balaban J connectivity index is 2.05. The summed E-state index contributed by atoms with van der Waals surface area (Å²) in [5.74, 6) is -0.242. The summed E-state index contributed by atoms with van der Waals surface area (Å²) in [6.07, 6.45) is 3.36. The predicted octanol–water partition coefficient (Wildman–Crippen LogP) is 0.763. The zero-order valence-corrected chi connectivity index (χ0v) is 12.0. The summed E-state index contributed by atoms with van der Waals surface area (Å²) < 4.78 is 5.03. The maximum absolute atomic E-state index is 12.5. The molecule has 1 amide bonds. The van der Waals surface area contributed by atoms with Crippen LogP contribution in [0.25, 0.3) is 0 Å². The second kappa shape index (κ2) is 7.19. The van der Waals surface area contributed by atoms with Gasteiger partial charge in [0.1, 0.15) is 5.69 Å². The van der Waals surface area contributed by atoms with Crippen molar-refractivity contribution in [1.29, 1.82) is 0 Å². The quantitative estimate of drug-likeness (QED) is 0.571. The maximum atomic E-state index is 12.5. The van der Waals surface area contributed by atoms with Crippen molar-refractivity contribution >= 4 is 11.6 Å². The van der Waals surface area contributed by atoms with Gasteiger partial charge in [-0.2, -0.15) is 0 Å². The fraction of sp³-hybridized carbons (Fsp3) is 0.615. The highest BCUT2D eigenvalue weighted by Gasteiger charge is 2.24. The molecule has 0 bridgehead atoms. The van der Waals surface area contributed by atoms with Gasteiger partial charge in [0.25, 0.3) is 11.6 Å². The lowest BCUT2D eigenvalue weighted by Crippen LogP contribution is -2.42. The summed E-state index contributed by atoms with van der Waals surface area (Å²) in [6, 6.07) is 1.54. The van der Waals surface area contributed by atoms with Gasteiger partial charge in [0.15, 0.2) is 0 Å². The summed E-state index contributed by atoms with van der Waals surface area (Å²) >= 11 is 0. The summed E-state index contributed by atoms with van der Waals surface area (Å²) in [5, 5.41) is 14.0. The van der Waals surface area contributed by atoms with Crippen molar-refractivity contribution < 1.29 is 14.5 Å². The molecule has 1 fully saturated rings. The molecule has 0 spiro atoms. The molecule has 0 aromatic carbocycles. The number of carbonyl (C=O) groups is 1. The number of aromatic nitrogens is 1. The van der Waals surface area contributed by atoms with Gasteiger partial charge in [-0.1, -0.05) is 0 Å². The predicted molar refractivity (Wildman–Crippen MR) is 76.3 cm³/mol. The van der Waals surface area contributed by atoms with Crippen LogP contribution in [-0.2, 0) is 4.74 Å². The standard InChI is InChI=1S/C13H20N4O4/c1-21-6-5-16(9-10-3-2-4-14-10)13(18)12-7-11(8-15-12)17(19)20/h7-8,10,14-15H,2-6,9H2,1H3. The van der Waals surface area contributed by atoms with Gasteiger partial charge in [-0.05, 0) is 19.4 Å². The normalized spacial score (nSPS) is 17.9. The van der Waals surface area contributed by atoms with E-state index >= 15 is 0 Å². The van der Waals surface area contributed by atoms with E-state index in [1.54, 1.807) is 12.0 Å². The number of rotatable bonds is 7. The first-order chi connectivity index (χ1) is 10.1. The van der Waals surface area contributed by atoms with Crippen molar-refractivity contribution in [2.45, 2.75) is 18.9 Å². The summed E-state index contributed by atoms with van der Waals surface area (Å²) in [5.41, 5.74) is 0.125. The Morgan fingerprint density at radius 1 is 1.62 bits per heavy atom. The Bertz CT molecular complexity index is 496. The fourth-order valence-electron chi connectivity index (χ4n) is 2.44. The number of amides is 1. The molecule has 1 aromatic rings. The number of H-pyrrole nitrogens is 1. The number of methoxy groups -OCH3 is 1. The summed E-state index contributed by atoms with van der Waals surface area (Å²) in [4.78, 5) is 27.0. The Hall–Kier alpha value is -1.93. The van der Waals surface area contributed by atoms with E-state index in [-0.39, 0.29) is 23.3 Å². The van der Waals surface area contributed by atoms with Gasteiger partial charge < -0.3 is 19.9 Å². The molecule has 21 heavy (non-hydrogen) atoms. The molecule has 0 saturated carbocycles. The molecule has 1 aromatic heterocycles. The van der Waals surface area contributed by atoms with E-state index in [1.165, 1.54) is 12.3 Å². The van der Waals surface area contributed by atoms with Crippen molar-refractivity contribution in [3.8, 4) is 0 Å². The van der Waals surface area contributed by atoms with Crippen LogP contribution in [0.5, 0.6) is 0 Å². The van der Waals surface area contributed by atoms with Gasteiger partial charge in [-0.15, -0.1) is 0 Å². The first-order valence-electron chi connectivity index (χ1n) is 6.96. The van der Waals surface area contributed by atoms with Crippen LogP contribution in [0.2, 0.25) is 0 Å². The van der Waals surface area contributed by atoms with E-state index in [4.69, 9.17) is 4.74 Å². The van der Waals surface area contributed by atoms with Crippen LogP contribution in [-0.4, -0.2) is 60.1 Å². The van der Waals surface area contributed by atoms with E-state index in [1.807, 2.05) is 0 Å². The van der Waals surface area contributed by atoms with Crippen molar-refractivity contribution in [2.24, 2.45) is 0 Å². The van der Waals surface area contributed by atoms with Gasteiger partial charge >= 0.3 is 0 Å². The van der Waals surface area contributed by atoms with Crippen molar-refractivity contribution in [1.82, 2.24) is 15.2 Å². The number of nitrogens with zero attached hydrogens (tertiary/aromatic N) is 2. The number of nitrogens with one attached hydrogen (secondary N) is 2. The smallest absolute Gasteiger partial charge is 0.287 e. The van der Waals surface area contributed by atoms with E-state index in [2.05, 4.69) is 10.3 Å². The van der Waals surface area contributed by atoms with E-state index in [0.717, 1.165) is 19.4 Å². The molecule has 1 saturated heterocycles.